The lowest BCUT2D eigenvalue weighted by atomic mass is 10.2. The molecule has 0 amide bonds. The van der Waals surface area contributed by atoms with Crippen molar-refractivity contribution in [3.05, 3.63) is 0 Å². The van der Waals surface area contributed by atoms with E-state index in [9.17, 15) is 0 Å². The standard InChI is InChI=1S/C13H25N7/c1-19(2)13-17-11(14)16-12(18-13)15-8-9-20(3)10-6-4-5-7-10/h10H,4-9H2,1-3H3,(H3,14,15,16,17,18). The molecule has 112 valence electrons. The average Bonchev–Trinajstić information content (AvgIpc) is 2.91. The van der Waals surface area contributed by atoms with Crippen molar-refractivity contribution in [1.29, 1.82) is 0 Å². The van der Waals surface area contributed by atoms with Crippen LogP contribution >= 0.6 is 0 Å². The van der Waals surface area contributed by atoms with Crippen LogP contribution < -0.4 is 16.0 Å². The van der Waals surface area contributed by atoms with E-state index in [-0.39, 0.29) is 5.95 Å². The molecule has 0 radical (unpaired) electrons. The number of rotatable bonds is 6. The van der Waals surface area contributed by atoms with Crippen LogP contribution in [0.25, 0.3) is 0 Å². The topological polar surface area (TPSA) is 83.2 Å². The summed E-state index contributed by atoms with van der Waals surface area (Å²) in [5.74, 6) is 1.36. The van der Waals surface area contributed by atoms with E-state index in [2.05, 4.69) is 32.2 Å². The molecule has 0 saturated heterocycles. The number of likely N-dealkylation sites (N-methyl/N-ethyl adjacent to an activating group) is 1. The minimum absolute atomic E-state index is 0.246. The third-order valence-electron chi connectivity index (χ3n) is 3.74. The van der Waals surface area contributed by atoms with Gasteiger partial charge in [-0.1, -0.05) is 12.8 Å². The lowest BCUT2D eigenvalue weighted by Gasteiger charge is -2.24. The van der Waals surface area contributed by atoms with Crippen LogP contribution in [0.4, 0.5) is 17.8 Å². The molecule has 1 aromatic rings. The van der Waals surface area contributed by atoms with E-state index in [0.717, 1.165) is 19.1 Å². The summed E-state index contributed by atoms with van der Waals surface area (Å²) in [5, 5.41) is 3.22. The maximum atomic E-state index is 5.69. The van der Waals surface area contributed by atoms with Gasteiger partial charge < -0.3 is 20.9 Å². The molecule has 0 spiro atoms. The lowest BCUT2D eigenvalue weighted by Crippen LogP contribution is -2.33. The van der Waals surface area contributed by atoms with Gasteiger partial charge in [0.25, 0.3) is 0 Å². The van der Waals surface area contributed by atoms with E-state index >= 15 is 0 Å². The molecule has 0 aliphatic heterocycles. The van der Waals surface area contributed by atoms with Crippen molar-refractivity contribution in [2.75, 3.05) is 50.2 Å². The molecule has 1 saturated carbocycles. The summed E-state index contributed by atoms with van der Waals surface area (Å²) in [6.07, 6.45) is 5.36. The van der Waals surface area contributed by atoms with E-state index in [1.165, 1.54) is 25.7 Å². The molecule has 0 unspecified atom stereocenters. The SMILES string of the molecule is CN(C)c1nc(N)nc(NCCN(C)C2CCCC2)n1. The van der Waals surface area contributed by atoms with Gasteiger partial charge in [0.1, 0.15) is 0 Å². The van der Waals surface area contributed by atoms with Crippen molar-refractivity contribution in [2.24, 2.45) is 0 Å². The zero-order valence-electron chi connectivity index (χ0n) is 12.6. The summed E-state index contributed by atoms with van der Waals surface area (Å²) in [7, 11) is 5.95. The summed E-state index contributed by atoms with van der Waals surface area (Å²) in [6, 6.07) is 0.734. The van der Waals surface area contributed by atoms with E-state index in [1.807, 2.05) is 19.0 Å². The zero-order valence-corrected chi connectivity index (χ0v) is 12.6. The van der Waals surface area contributed by atoms with Crippen LogP contribution in [-0.4, -0.2) is 60.1 Å². The summed E-state index contributed by atoms with van der Waals surface area (Å²) < 4.78 is 0. The molecule has 1 heterocycles. The molecular formula is C13H25N7. The molecule has 3 N–H and O–H groups in total. The van der Waals surface area contributed by atoms with Crippen molar-refractivity contribution in [3.8, 4) is 0 Å². The first-order chi connectivity index (χ1) is 9.56. The van der Waals surface area contributed by atoms with Gasteiger partial charge in [-0.15, -0.1) is 0 Å². The second-order valence-electron chi connectivity index (χ2n) is 5.56. The van der Waals surface area contributed by atoms with Gasteiger partial charge in [0, 0.05) is 33.2 Å². The van der Waals surface area contributed by atoms with Crippen LogP contribution in [0.2, 0.25) is 0 Å². The molecule has 1 fully saturated rings. The first kappa shape index (κ1) is 14.8. The Hall–Kier alpha value is -1.63. The monoisotopic (exact) mass is 279 g/mol. The maximum Gasteiger partial charge on any atom is 0.231 e. The molecule has 0 aromatic carbocycles. The molecular weight excluding hydrogens is 254 g/mol. The largest absolute Gasteiger partial charge is 0.368 e. The second kappa shape index (κ2) is 6.69. The molecule has 1 aliphatic rings. The van der Waals surface area contributed by atoms with Gasteiger partial charge in [-0.25, -0.2) is 0 Å². The number of nitrogens with zero attached hydrogens (tertiary/aromatic N) is 5. The Morgan fingerprint density at radius 2 is 1.85 bits per heavy atom. The normalized spacial score (nSPS) is 15.8. The Morgan fingerprint density at radius 1 is 1.15 bits per heavy atom. The highest BCUT2D eigenvalue weighted by Gasteiger charge is 2.18. The number of nitrogen functional groups attached to an aromatic ring is 1. The Bertz CT molecular complexity index is 429. The fraction of sp³-hybridized carbons (Fsp3) is 0.769. The van der Waals surface area contributed by atoms with Gasteiger partial charge in [-0.3, -0.25) is 0 Å². The van der Waals surface area contributed by atoms with E-state index in [1.54, 1.807) is 0 Å². The third kappa shape index (κ3) is 3.93. The predicted octanol–water partition coefficient (Wildman–Crippen LogP) is 0.806. The van der Waals surface area contributed by atoms with Gasteiger partial charge in [-0.2, -0.15) is 15.0 Å². The second-order valence-corrected chi connectivity index (χ2v) is 5.56. The van der Waals surface area contributed by atoms with Crippen LogP contribution in [0.3, 0.4) is 0 Å². The van der Waals surface area contributed by atoms with Gasteiger partial charge in [0.2, 0.25) is 17.8 Å². The van der Waals surface area contributed by atoms with E-state index in [4.69, 9.17) is 5.73 Å². The Kier molecular flexibility index (Phi) is 4.94. The third-order valence-corrected chi connectivity index (χ3v) is 3.74. The molecule has 1 aromatic heterocycles. The first-order valence-corrected chi connectivity index (χ1v) is 7.19. The summed E-state index contributed by atoms with van der Waals surface area (Å²) in [4.78, 5) is 16.7. The molecule has 7 nitrogen and oxygen atoms in total. The minimum Gasteiger partial charge on any atom is -0.368 e. The van der Waals surface area contributed by atoms with Crippen LogP contribution in [0.15, 0.2) is 0 Å². The lowest BCUT2D eigenvalue weighted by molar-refractivity contribution is 0.254. The zero-order chi connectivity index (χ0) is 14.5. The van der Waals surface area contributed by atoms with Crippen LogP contribution in [-0.2, 0) is 0 Å². The van der Waals surface area contributed by atoms with Crippen LogP contribution in [0, 0.1) is 0 Å². The quantitative estimate of drug-likeness (QED) is 0.797. The molecule has 0 atom stereocenters. The van der Waals surface area contributed by atoms with Crippen molar-refractivity contribution < 1.29 is 0 Å². The summed E-state index contributed by atoms with van der Waals surface area (Å²) in [6.45, 7) is 1.79. The van der Waals surface area contributed by atoms with Crippen molar-refractivity contribution in [2.45, 2.75) is 31.7 Å². The number of anilines is 3. The fourth-order valence-corrected chi connectivity index (χ4v) is 2.53. The summed E-state index contributed by atoms with van der Waals surface area (Å²) in [5.41, 5.74) is 5.69. The smallest absolute Gasteiger partial charge is 0.231 e. The Balaban J connectivity index is 1.84. The van der Waals surface area contributed by atoms with Gasteiger partial charge in [0.15, 0.2) is 0 Å². The molecule has 2 rings (SSSR count). The number of hydrogen-bond acceptors (Lipinski definition) is 7. The molecule has 1 aliphatic carbocycles. The Labute approximate surface area is 120 Å². The molecule has 20 heavy (non-hydrogen) atoms. The number of nitrogens with one attached hydrogen (secondary N) is 1. The van der Waals surface area contributed by atoms with Crippen LogP contribution in [0.1, 0.15) is 25.7 Å². The highest BCUT2D eigenvalue weighted by molar-refractivity contribution is 5.40. The fourth-order valence-electron chi connectivity index (χ4n) is 2.53. The van der Waals surface area contributed by atoms with E-state index in [0.29, 0.717) is 11.9 Å². The van der Waals surface area contributed by atoms with Crippen LogP contribution in [0.5, 0.6) is 0 Å². The van der Waals surface area contributed by atoms with Crippen molar-refractivity contribution in [3.63, 3.8) is 0 Å². The van der Waals surface area contributed by atoms with Gasteiger partial charge in [-0.05, 0) is 19.9 Å². The maximum absolute atomic E-state index is 5.69. The van der Waals surface area contributed by atoms with Gasteiger partial charge >= 0.3 is 0 Å². The molecule has 7 heteroatoms. The number of aromatic nitrogens is 3. The highest BCUT2D eigenvalue weighted by atomic mass is 15.3. The predicted molar refractivity (Wildman–Crippen MR) is 81.9 cm³/mol. The van der Waals surface area contributed by atoms with E-state index < -0.39 is 0 Å². The Morgan fingerprint density at radius 3 is 2.50 bits per heavy atom. The van der Waals surface area contributed by atoms with Crippen molar-refractivity contribution >= 4 is 17.8 Å². The van der Waals surface area contributed by atoms with Crippen molar-refractivity contribution in [1.82, 2.24) is 19.9 Å². The number of nitrogens with two attached hydrogens (primary N) is 1. The number of hydrogen-bond donors (Lipinski definition) is 2. The molecule has 0 bridgehead atoms. The summed E-state index contributed by atoms with van der Waals surface area (Å²) >= 11 is 0. The minimum atomic E-state index is 0.246. The first-order valence-electron chi connectivity index (χ1n) is 7.19. The van der Waals surface area contributed by atoms with Gasteiger partial charge in [0.05, 0.1) is 0 Å². The highest BCUT2D eigenvalue weighted by Crippen LogP contribution is 2.21. The average molecular weight is 279 g/mol.